The van der Waals surface area contributed by atoms with E-state index in [-0.39, 0.29) is 30.7 Å². The number of phenols is 1. The number of ether oxygens (including phenoxy) is 5. The first-order valence-electron chi connectivity index (χ1n) is 27.7. The van der Waals surface area contributed by atoms with Crippen LogP contribution in [0.15, 0.2) is 60.7 Å². The first kappa shape index (κ1) is 55.3. The molecule has 4 aromatic carbocycles. The molecule has 0 saturated carbocycles. The molecule has 4 aliphatic rings. The highest BCUT2D eigenvalue weighted by atomic mass is 16.5. The van der Waals surface area contributed by atoms with Crippen LogP contribution in [0.5, 0.6) is 46.0 Å². The van der Waals surface area contributed by atoms with Crippen molar-refractivity contribution in [2.24, 2.45) is 0 Å². The number of carboxylic acids is 2. The molecule has 398 valence electrons. The minimum Gasteiger partial charge on any atom is -0.550 e. The minimum atomic E-state index is -0.958. The van der Waals surface area contributed by atoms with Crippen LogP contribution in [0, 0.1) is 0 Å². The van der Waals surface area contributed by atoms with Gasteiger partial charge in [-0.25, -0.2) is 0 Å². The fourth-order valence-corrected chi connectivity index (χ4v) is 12.1. The molecule has 73 heavy (non-hydrogen) atoms. The van der Waals surface area contributed by atoms with E-state index >= 15 is 0 Å². The zero-order valence-corrected chi connectivity index (χ0v) is 44.7. The maximum atomic E-state index is 12.4. The molecule has 4 heterocycles. The van der Waals surface area contributed by atoms with Crippen molar-refractivity contribution in [2.45, 2.75) is 166 Å². The first-order valence-corrected chi connectivity index (χ1v) is 27.7. The molecule has 0 amide bonds. The van der Waals surface area contributed by atoms with Crippen LogP contribution in [-0.4, -0.2) is 87.6 Å². The number of unbranched alkanes of at least 4 members (excludes halogenated alkanes) is 16. The summed E-state index contributed by atoms with van der Waals surface area (Å²) < 4.78 is 33.6. The van der Waals surface area contributed by atoms with E-state index in [2.05, 4.69) is 62.6 Å². The topological polar surface area (TPSA) is 147 Å². The number of rotatable bonds is 27. The van der Waals surface area contributed by atoms with Crippen LogP contribution in [0.1, 0.15) is 174 Å². The molecule has 8 rings (SSSR count). The van der Waals surface area contributed by atoms with Gasteiger partial charge in [-0.1, -0.05) is 95.2 Å². The minimum absolute atomic E-state index is 0.0142. The normalized spacial score (nSPS) is 20.0. The molecule has 12 nitrogen and oxygen atoms in total. The Morgan fingerprint density at radius 3 is 1.56 bits per heavy atom. The monoisotopic (exact) mass is 1000 g/mol. The molecule has 0 aliphatic carbocycles. The van der Waals surface area contributed by atoms with Crippen LogP contribution in [0.3, 0.4) is 0 Å². The molecular weight excluding hydrogens is 921 g/mol. The van der Waals surface area contributed by atoms with Crippen molar-refractivity contribution in [1.82, 2.24) is 0 Å². The molecule has 0 aromatic heterocycles. The van der Waals surface area contributed by atoms with E-state index in [0.717, 1.165) is 147 Å². The Bertz CT molecular complexity index is 2440. The van der Waals surface area contributed by atoms with Gasteiger partial charge in [0.15, 0.2) is 34.5 Å². The maximum Gasteiger partial charge on any atom is 0.201 e. The van der Waals surface area contributed by atoms with E-state index < -0.39 is 11.9 Å². The van der Waals surface area contributed by atoms with Gasteiger partial charge < -0.3 is 57.6 Å². The number of benzene rings is 4. The summed E-state index contributed by atoms with van der Waals surface area (Å²) >= 11 is 0. The SMILES string of the molecule is COc1ccc2cc1Oc1ccc(cc1)CC1c3cc(c(OC)cc3CC[N+]1(C)CCCCCCCCCCCC(=O)[O-])Oc1c(O)c(OC)cc3c1C(C2)[N+](C)(CCCCCCCCCCCC(=O)[O-])CC3. The summed E-state index contributed by atoms with van der Waals surface area (Å²) in [5.74, 6) is 2.17. The van der Waals surface area contributed by atoms with Gasteiger partial charge in [-0.05, 0) is 116 Å². The molecular formula is C61H84N2O10. The third-order valence-corrected chi connectivity index (χ3v) is 16.5. The number of aliphatic carboxylic acids is 2. The van der Waals surface area contributed by atoms with Crippen LogP contribution in [0.4, 0.5) is 0 Å². The second-order valence-corrected chi connectivity index (χ2v) is 21.8. The standard InChI is InChI=1S/C61H84N2O10/c1-62(34-22-18-14-10-6-8-12-16-20-24-57(64)65)36-32-46-41-53(70-4)55-43-49(46)50(62)38-44-26-29-48(30-27-44)72-54-40-45(28-31-52(54)69-3)39-51-59-47(42-56(71-5)60(68)61(59)73-55)33-37-63(51,2)35-23-19-15-11-7-9-13-17-21-25-58(66)67/h26-31,40-43,50-51H,6-25,32-39H2,1-5H3,(H-2,64,65,66,67,68). The summed E-state index contributed by atoms with van der Waals surface area (Å²) in [6.45, 7) is 3.92. The number of likely N-dealkylation sites (N-methyl/N-ethyl adjacent to an activating group) is 2. The Labute approximate surface area is 435 Å². The van der Waals surface area contributed by atoms with Crippen LogP contribution >= 0.6 is 0 Å². The molecule has 0 saturated heterocycles. The second-order valence-electron chi connectivity index (χ2n) is 21.8. The van der Waals surface area contributed by atoms with Crippen molar-refractivity contribution in [3.8, 4) is 46.0 Å². The van der Waals surface area contributed by atoms with Crippen LogP contribution < -0.4 is 33.9 Å². The van der Waals surface area contributed by atoms with Gasteiger partial charge in [0, 0.05) is 43.2 Å². The van der Waals surface area contributed by atoms with Gasteiger partial charge in [0.05, 0.1) is 67.2 Å². The van der Waals surface area contributed by atoms with Gasteiger partial charge in [0.2, 0.25) is 5.75 Å². The first-order chi connectivity index (χ1) is 35.3. The Hall–Kier alpha value is -5.46. The molecule has 0 radical (unpaired) electrons. The van der Waals surface area contributed by atoms with Crippen molar-refractivity contribution in [3.63, 3.8) is 0 Å². The molecule has 12 heteroatoms. The van der Waals surface area contributed by atoms with Crippen molar-refractivity contribution in [1.29, 1.82) is 0 Å². The fourth-order valence-electron chi connectivity index (χ4n) is 12.1. The number of hydrogen-bond acceptors (Lipinski definition) is 10. The average molecular weight is 1010 g/mol. The van der Waals surface area contributed by atoms with Gasteiger partial charge >= 0.3 is 0 Å². The third-order valence-electron chi connectivity index (χ3n) is 16.5. The van der Waals surface area contributed by atoms with Gasteiger partial charge in [-0.3, -0.25) is 0 Å². The molecule has 4 atom stereocenters. The molecule has 6 bridgehead atoms. The number of carbonyl (C=O) groups is 2. The van der Waals surface area contributed by atoms with E-state index in [1.807, 2.05) is 12.1 Å². The highest BCUT2D eigenvalue weighted by molar-refractivity contribution is 5.64. The number of phenolic OH excluding ortho intramolecular Hbond substituents is 1. The van der Waals surface area contributed by atoms with E-state index in [9.17, 15) is 24.9 Å². The number of carboxylic acid groups (broad SMARTS) is 2. The van der Waals surface area contributed by atoms with Gasteiger partial charge in [-0.15, -0.1) is 0 Å². The van der Waals surface area contributed by atoms with Gasteiger partial charge in [-0.2, -0.15) is 0 Å². The lowest BCUT2D eigenvalue weighted by atomic mass is 9.84. The zero-order chi connectivity index (χ0) is 51.8. The van der Waals surface area contributed by atoms with E-state index in [1.165, 1.54) is 48.8 Å². The molecule has 0 spiro atoms. The van der Waals surface area contributed by atoms with Gasteiger partial charge in [0.25, 0.3) is 0 Å². The third kappa shape index (κ3) is 14.7. The summed E-state index contributed by atoms with van der Waals surface area (Å²) in [6.07, 6.45) is 22.7. The predicted octanol–water partition coefficient (Wildman–Crippen LogP) is 11.2. The van der Waals surface area contributed by atoms with Crippen LogP contribution in [0.25, 0.3) is 0 Å². The number of carbonyl (C=O) groups excluding carboxylic acids is 2. The van der Waals surface area contributed by atoms with Gasteiger partial charge in [0.1, 0.15) is 17.8 Å². The summed E-state index contributed by atoms with van der Waals surface area (Å²) in [4.78, 5) is 21.6. The maximum absolute atomic E-state index is 12.4. The average Bonchev–Trinajstić information content (AvgIpc) is 3.37. The summed E-state index contributed by atoms with van der Waals surface area (Å²) in [5.41, 5.74) is 6.91. The molecule has 4 aromatic rings. The quantitative estimate of drug-likeness (QED) is 0.0452. The second kappa shape index (κ2) is 26.7. The van der Waals surface area contributed by atoms with Crippen molar-refractivity contribution in [3.05, 3.63) is 94.0 Å². The molecule has 4 aliphatic heterocycles. The van der Waals surface area contributed by atoms with E-state index in [0.29, 0.717) is 53.8 Å². The molecule has 1 N–H and O–H groups in total. The zero-order valence-electron chi connectivity index (χ0n) is 44.7. The number of quaternary nitrogens is 2. The van der Waals surface area contributed by atoms with Crippen molar-refractivity contribution < 1.29 is 57.6 Å². The summed E-state index contributed by atoms with van der Waals surface area (Å²) in [7, 11) is 9.78. The predicted molar refractivity (Wildman–Crippen MR) is 282 cm³/mol. The largest absolute Gasteiger partial charge is 0.550 e. The molecule has 0 fully saturated rings. The van der Waals surface area contributed by atoms with Crippen molar-refractivity contribution >= 4 is 11.9 Å². The Morgan fingerprint density at radius 1 is 0.548 bits per heavy atom. The lowest BCUT2D eigenvalue weighted by molar-refractivity contribution is -0.941. The number of methoxy groups -OCH3 is 3. The summed E-state index contributed by atoms with van der Waals surface area (Å²) in [5, 5.41) is 33.9. The Morgan fingerprint density at radius 2 is 1.01 bits per heavy atom. The van der Waals surface area contributed by atoms with Crippen molar-refractivity contribution in [2.75, 3.05) is 61.6 Å². The summed E-state index contributed by atoms with van der Waals surface area (Å²) in [6, 6.07) is 21.2. The Kier molecular flexibility index (Phi) is 20.2. The Balaban J connectivity index is 1.20. The number of nitrogens with zero attached hydrogens (tertiary/aromatic N) is 2. The van der Waals surface area contributed by atoms with Crippen LogP contribution in [-0.2, 0) is 35.3 Å². The van der Waals surface area contributed by atoms with Crippen LogP contribution in [0.2, 0.25) is 0 Å². The number of aromatic hydroxyl groups is 1. The lowest BCUT2D eigenvalue weighted by Crippen LogP contribution is -2.52. The molecule has 4 unspecified atom stereocenters. The smallest absolute Gasteiger partial charge is 0.201 e. The number of fused-ring (bicyclic) bond motifs is 2. The number of hydrogen-bond donors (Lipinski definition) is 1. The van der Waals surface area contributed by atoms with E-state index in [4.69, 9.17) is 23.7 Å². The van der Waals surface area contributed by atoms with E-state index in [1.54, 1.807) is 21.3 Å². The highest BCUT2D eigenvalue weighted by Crippen LogP contribution is 2.53. The fraction of sp³-hybridized carbons (Fsp3) is 0.574. The highest BCUT2D eigenvalue weighted by Gasteiger charge is 2.44. The lowest BCUT2D eigenvalue weighted by Gasteiger charge is -2.47.